The Morgan fingerprint density at radius 2 is 1.80 bits per heavy atom. The molecule has 0 heterocycles. The number of ether oxygens (including phenoxy) is 2. The van der Waals surface area contributed by atoms with Crippen molar-refractivity contribution in [3.05, 3.63) is 35.4 Å². The van der Waals surface area contributed by atoms with Gasteiger partial charge in [-0.2, -0.15) is 0 Å². The topological polar surface area (TPSA) is 38.7 Å². The number of hydrogen-bond acceptors (Lipinski definition) is 3. The third kappa shape index (κ3) is 1.84. The van der Waals surface area contributed by atoms with Gasteiger partial charge in [0.05, 0.1) is 19.8 Å². The van der Waals surface area contributed by atoms with Crippen molar-refractivity contribution in [3.63, 3.8) is 0 Å². The Kier molecular flexibility index (Phi) is 3.59. The molecule has 0 amide bonds. The van der Waals surface area contributed by atoms with Gasteiger partial charge in [-0.15, -0.1) is 0 Å². The first kappa shape index (κ1) is 14.9. The van der Waals surface area contributed by atoms with Crippen molar-refractivity contribution >= 4 is 0 Å². The van der Waals surface area contributed by atoms with Gasteiger partial charge in [0.1, 0.15) is 11.5 Å². The van der Waals surface area contributed by atoms with Gasteiger partial charge in [0.15, 0.2) is 0 Å². The van der Waals surface area contributed by atoms with Gasteiger partial charge in [-0.05, 0) is 50.0 Å². The summed E-state index contributed by atoms with van der Waals surface area (Å²) in [5.74, 6) is 1.61. The van der Waals surface area contributed by atoms with E-state index in [9.17, 15) is 5.11 Å². The fraction of sp³-hybridized carbons (Fsp3) is 0.529. The van der Waals surface area contributed by atoms with Gasteiger partial charge in [0.25, 0.3) is 0 Å². The molecule has 0 aliphatic heterocycles. The zero-order valence-corrected chi connectivity index (χ0v) is 13.0. The number of benzene rings is 1. The van der Waals surface area contributed by atoms with Crippen LogP contribution in [0.2, 0.25) is 0 Å². The molecule has 1 aliphatic rings. The predicted molar refractivity (Wildman–Crippen MR) is 80.6 cm³/mol. The minimum Gasteiger partial charge on any atom is -0.496 e. The molecular formula is C17H24O3. The average Bonchev–Trinajstić information content (AvgIpc) is 2.43. The zero-order chi connectivity index (χ0) is 15.1. The number of aliphatic hydroxyl groups is 1. The van der Waals surface area contributed by atoms with Crippen molar-refractivity contribution in [1.82, 2.24) is 0 Å². The first-order valence-electron chi connectivity index (χ1n) is 6.91. The molecule has 0 spiro atoms. The van der Waals surface area contributed by atoms with Gasteiger partial charge in [-0.3, -0.25) is 0 Å². The van der Waals surface area contributed by atoms with E-state index in [-0.39, 0.29) is 5.41 Å². The summed E-state index contributed by atoms with van der Waals surface area (Å²) >= 11 is 0. The minimum absolute atomic E-state index is 0.384. The van der Waals surface area contributed by atoms with E-state index in [1.807, 2.05) is 26.0 Å². The molecule has 0 radical (unpaired) electrons. The Morgan fingerprint density at radius 1 is 1.20 bits per heavy atom. The molecule has 0 saturated heterocycles. The molecule has 0 bridgehead atoms. The second-order valence-corrected chi connectivity index (χ2v) is 5.99. The highest BCUT2D eigenvalue weighted by atomic mass is 16.5. The van der Waals surface area contributed by atoms with Crippen molar-refractivity contribution in [2.75, 3.05) is 14.2 Å². The Hall–Kier alpha value is -1.48. The van der Waals surface area contributed by atoms with Crippen LogP contribution in [0.1, 0.15) is 37.8 Å². The lowest BCUT2D eigenvalue weighted by molar-refractivity contribution is -0.0797. The van der Waals surface area contributed by atoms with E-state index < -0.39 is 5.60 Å². The van der Waals surface area contributed by atoms with Crippen LogP contribution >= 0.6 is 0 Å². The highest BCUT2D eigenvalue weighted by molar-refractivity contribution is 5.53. The van der Waals surface area contributed by atoms with Crippen LogP contribution in [0, 0.1) is 6.92 Å². The lowest BCUT2D eigenvalue weighted by Crippen LogP contribution is -2.59. The maximum atomic E-state index is 10.9. The van der Waals surface area contributed by atoms with E-state index in [0.29, 0.717) is 0 Å². The number of methoxy groups -OCH3 is 2. The van der Waals surface area contributed by atoms with Crippen LogP contribution in [0.15, 0.2) is 24.3 Å². The van der Waals surface area contributed by atoms with Crippen molar-refractivity contribution in [2.45, 2.75) is 44.6 Å². The smallest absolute Gasteiger partial charge is 0.123 e. The normalized spacial score (nSPS) is 28.7. The third-order valence-corrected chi connectivity index (χ3v) is 4.92. The summed E-state index contributed by atoms with van der Waals surface area (Å²) in [6, 6.07) is 3.96. The van der Waals surface area contributed by atoms with E-state index in [2.05, 4.69) is 13.5 Å². The lowest BCUT2D eigenvalue weighted by atomic mass is 9.52. The zero-order valence-electron chi connectivity index (χ0n) is 13.0. The van der Waals surface area contributed by atoms with E-state index in [1.54, 1.807) is 14.2 Å². The average molecular weight is 276 g/mol. The van der Waals surface area contributed by atoms with Crippen molar-refractivity contribution in [3.8, 4) is 11.5 Å². The highest BCUT2D eigenvalue weighted by Gasteiger charge is 2.57. The molecule has 0 aromatic heterocycles. The van der Waals surface area contributed by atoms with Gasteiger partial charge in [0, 0.05) is 11.0 Å². The molecule has 20 heavy (non-hydrogen) atoms. The van der Waals surface area contributed by atoms with Crippen LogP contribution in [0.3, 0.4) is 0 Å². The molecule has 110 valence electrons. The van der Waals surface area contributed by atoms with Gasteiger partial charge in [-0.1, -0.05) is 13.5 Å². The third-order valence-electron chi connectivity index (χ3n) is 4.92. The van der Waals surface area contributed by atoms with Crippen molar-refractivity contribution in [2.24, 2.45) is 0 Å². The Morgan fingerprint density at radius 3 is 2.20 bits per heavy atom. The number of aryl methyl sites for hydroxylation is 1. The van der Waals surface area contributed by atoms with Crippen LogP contribution in [-0.4, -0.2) is 24.9 Å². The molecule has 2 atom stereocenters. The van der Waals surface area contributed by atoms with E-state index >= 15 is 0 Å². The SMILES string of the molecule is C=C(C)[C@]1(O)CC[C@]1(C)c1cc(OC)c(C)cc1OC. The van der Waals surface area contributed by atoms with E-state index in [4.69, 9.17) is 9.47 Å². The highest BCUT2D eigenvalue weighted by Crippen LogP contribution is 2.57. The van der Waals surface area contributed by atoms with Gasteiger partial charge in [-0.25, -0.2) is 0 Å². The van der Waals surface area contributed by atoms with Crippen LogP contribution < -0.4 is 9.47 Å². The standard InChI is InChI=1S/C17H24O3/c1-11(2)17(18)8-7-16(17,4)13-10-14(19-5)12(3)9-15(13)20-6/h9-10,18H,1,7-8H2,2-6H3/t16-,17-/m1/s1. The Bertz CT molecular complexity index is 549. The lowest BCUT2D eigenvalue weighted by Gasteiger charge is -2.55. The van der Waals surface area contributed by atoms with E-state index in [0.717, 1.165) is 41.0 Å². The second kappa shape index (κ2) is 4.81. The molecule has 1 fully saturated rings. The van der Waals surface area contributed by atoms with E-state index in [1.165, 1.54) is 0 Å². The predicted octanol–water partition coefficient (Wildman–Crippen LogP) is 3.37. The minimum atomic E-state index is -0.874. The maximum absolute atomic E-state index is 10.9. The molecule has 3 nitrogen and oxygen atoms in total. The largest absolute Gasteiger partial charge is 0.496 e. The Labute approximate surface area is 121 Å². The Balaban J connectivity index is 2.60. The summed E-state index contributed by atoms with van der Waals surface area (Å²) in [6.07, 6.45) is 1.64. The number of rotatable bonds is 4. The monoisotopic (exact) mass is 276 g/mol. The molecule has 3 heteroatoms. The maximum Gasteiger partial charge on any atom is 0.123 e. The number of hydrogen-bond donors (Lipinski definition) is 1. The summed E-state index contributed by atoms with van der Waals surface area (Å²) in [4.78, 5) is 0. The summed E-state index contributed by atoms with van der Waals surface area (Å²) in [6.45, 7) is 9.90. The van der Waals surface area contributed by atoms with Crippen LogP contribution in [-0.2, 0) is 5.41 Å². The fourth-order valence-electron chi connectivity index (χ4n) is 3.26. The first-order chi connectivity index (χ1) is 9.30. The fourth-order valence-corrected chi connectivity index (χ4v) is 3.26. The molecule has 1 N–H and O–H groups in total. The summed E-state index contributed by atoms with van der Waals surface area (Å²) in [5, 5.41) is 10.9. The van der Waals surface area contributed by atoms with Crippen molar-refractivity contribution < 1.29 is 14.6 Å². The quantitative estimate of drug-likeness (QED) is 0.857. The summed E-state index contributed by atoms with van der Waals surface area (Å²) in [5.41, 5.74) is 1.55. The summed E-state index contributed by atoms with van der Waals surface area (Å²) in [7, 11) is 3.32. The van der Waals surface area contributed by atoms with Crippen LogP contribution in [0.4, 0.5) is 0 Å². The van der Waals surface area contributed by atoms with Crippen LogP contribution in [0.5, 0.6) is 11.5 Å². The van der Waals surface area contributed by atoms with Gasteiger partial charge in [0.2, 0.25) is 0 Å². The van der Waals surface area contributed by atoms with Crippen LogP contribution in [0.25, 0.3) is 0 Å². The molecule has 0 unspecified atom stereocenters. The van der Waals surface area contributed by atoms with Gasteiger partial charge >= 0.3 is 0 Å². The molecule has 1 aromatic rings. The second-order valence-electron chi connectivity index (χ2n) is 5.99. The molecular weight excluding hydrogens is 252 g/mol. The van der Waals surface area contributed by atoms with Crippen molar-refractivity contribution in [1.29, 1.82) is 0 Å². The molecule has 1 aromatic carbocycles. The van der Waals surface area contributed by atoms with Gasteiger partial charge < -0.3 is 14.6 Å². The molecule has 1 saturated carbocycles. The molecule has 1 aliphatic carbocycles. The summed E-state index contributed by atoms with van der Waals surface area (Å²) < 4.78 is 10.9. The molecule has 2 rings (SSSR count). The first-order valence-corrected chi connectivity index (χ1v) is 6.91.